The van der Waals surface area contributed by atoms with Gasteiger partial charge in [-0.3, -0.25) is 44.2 Å². The molecule has 1 aromatic heterocycles. The Labute approximate surface area is 459 Å². The molecule has 1 fully saturated rings. The molecule has 0 bridgehead atoms. The third-order valence-electron chi connectivity index (χ3n) is 15.8. The molecule has 7 amide bonds. The van der Waals surface area contributed by atoms with Gasteiger partial charge in [0.15, 0.2) is 5.13 Å². The number of anilines is 1. The van der Waals surface area contributed by atoms with Gasteiger partial charge in [-0.05, 0) is 127 Å². The number of amides is 7. The van der Waals surface area contributed by atoms with E-state index in [1.54, 1.807) is 37.4 Å². The van der Waals surface area contributed by atoms with Gasteiger partial charge in [-0.1, -0.05) is 107 Å². The second-order valence-corrected chi connectivity index (χ2v) is 24.5. The second-order valence-electron chi connectivity index (χ2n) is 23.5. The van der Waals surface area contributed by atoms with Gasteiger partial charge in [-0.25, -0.2) is 4.98 Å². The van der Waals surface area contributed by atoms with Crippen molar-refractivity contribution in [3.63, 3.8) is 0 Å². The van der Waals surface area contributed by atoms with Gasteiger partial charge >= 0.3 is 0 Å². The van der Waals surface area contributed by atoms with E-state index < -0.39 is 70.8 Å². The molecule has 5 aromatic rings. The summed E-state index contributed by atoms with van der Waals surface area (Å²) >= 11 is 1.23. The number of hydrogen-bond acceptors (Lipinski definition) is 12. The van der Waals surface area contributed by atoms with Crippen molar-refractivity contribution in [2.45, 2.75) is 148 Å². The van der Waals surface area contributed by atoms with Crippen LogP contribution in [0.5, 0.6) is 0 Å². The van der Waals surface area contributed by atoms with Gasteiger partial charge in [0.05, 0.1) is 28.3 Å². The molecule has 19 heteroatoms. The van der Waals surface area contributed by atoms with Crippen molar-refractivity contribution in [3.8, 4) is 0 Å². The Morgan fingerprint density at radius 1 is 0.667 bits per heavy atom. The molecule has 1 saturated heterocycles. The maximum atomic E-state index is 14.8. The quantitative estimate of drug-likeness (QED) is 0.0702. The predicted octanol–water partition coefficient (Wildman–Crippen LogP) is 5.30. The molecule has 0 spiro atoms. The van der Waals surface area contributed by atoms with E-state index in [1.807, 2.05) is 84.0 Å². The molecular formula is C59H73N11O7S. The highest BCUT2D eigenvalue weighted by Gasteiger charge is 2.46. The average molecular weight is 1080 g/mol. The first-order valence-electron chi connectivity index (χ1n) is 27.1. The van der Waals surface area contributed by atoms with E-state index in [-0.39, 0.29) is 55.7 Å². The molecule has 4 aromatic carbocycles. The standard InChI is InChI=1S/C59H73N11O7S/c1-58(2,3)47(60)55(76)70-31-38(29-45(70)53(74)65-42-21-13-17-33-15-9-11-19-40(33)42)63-50(71)36-24-25-46-43(27-36)66-57(78-46)68-51(72)35-23-22-34-28-44(52(73)64-41-20-12-16-32-14-8-10-18-39(32)41)69(30-37(34)26-35)56(77)48(59(4,5)6)67-54(75)49(61)62-7/h8-11,14-15,18-19,22-27,38,41-42,44-45,47-49,62H,12-13,16-17,20-21,28-31,60-61H2,1-7H3,(H,63,71)(H,64,73)(H,65,74)(H,67,75)(H,66,68,72)/t38?,41?,42?,44?,45?,47?,48?,49-/m1/s1. The Kier molecular flexibility index (Phi) is 16.2. The Bertz CT molecular complexity index is 3150. The number of nitrogens with zero attached hydrogens (tertiary/aromatic N) is 3. The normalized spacial score (nSPS) is 21.2. The fraction of sp³-hybridized carbons (Fsp3) is 0.458. The number of aryl methyl sites for hydroxylation is 2. The molecule has 2 aliphatic heterocycles. The number of likely N-dealkylation sites (N-methyl/N-ethyl adjacent to an activating group) is 1. The van der Waals surface area contributed by atoms with Crippen molar-refractivity contribution in [1.82, 2.24) is 41.4 Å². The van der Waals surface area contributed by atoms with Crippen LogP contribution in [0.15, 0.2) is 84.9 Å². The lowest BCUT2D eigenvalue weighted by Crippen LogP contribution is -2.63. The first-order valence-corrected chi connectivity index (χ1v) is 27.9. The van der Waals surface area contributed by atoms with Crippen molar-refractivity contribution in [3.05, 3.63) is 129 Å². The fourth-order valence-corrected chi connectivity index (χ4v) is 12.1. The van der Waals surface area contributed by atoms with Crippen LogP contribution in [0.1, 0.15) is 140 Å². The van der Waals surface area contributed by atoms with Crippen LogP contribution in [-0.4, -0.2) is 106 Å². The number of carbonyl (C=O) groups excluding carboxylic acids is 7. The van der Waals surface area contributed by atoms with Gasteiger partial charge < -0.3 is 42.5 Å². The highest BCUT2D eigenvalue weighted by atomic mass is 32.1. The molecule has 18 nitrogen and oxygen atoms in total. The predicted molar refractivity (Wildman–Crippen MR) is 300 cm³/mol. The SMILES string of the molecule is CN[C@@H](N)C(=O)NC(C(=O)N1Cc2cc(C(=O)Nc3nc4cc(C(=O)NC5CC(C(=O)NC6CCCc7ccccc76)N(C(=O)C(N)C(C)(C)C)C5)ccc4s3)ccc2CC1C(=O)NC1CCCc2ccccc21)C(C)(C)C. The Balaban J connectivity index is 0.900. The Hall–Kier alpha value is -7.06. The number of hydrogen-bond donors (Lipinski definition) is 8. The Morgan fingerprint density at radius 3 is 1.88 bits per heavy atom. The van der Waals surface area contributed by atoms with Gasteiger partial charge in [0.2, 0.25) is 23.6 Å². The molecule has 0 radical (unpaired) electrons. The van der Waals surface area contributed by atoms with Gasteiger partial charge in [0.1, 0.15) is 24.3 Å². The minimum Gasteiger partial charge on any atom is -0.347 e. The van der Waals surface area contributed by atoms with Crippen LogP contribution in [0.25, 0.3) is 10.2 Å². The number of carbonyl (C=O) groups is 7. The number of nitrogens with two attached hydrogens (primary N) is 2. The first-order chi connectivity index (χ1) is 37.1. The number of likely N-dealkylation sites (tertiary alicyclic amines) is 1. The molecule has 412 valence electrons. The summed E-state index contributed by atoms with van der Waals surface area (Å²) in [7, 11) is 1.55. The summed E-state index contributed by atoms with van der Waals surface area (Å²) in [5.41, 5.74) is 18.2. The zero-order chi connectivity index (χ0) is 55.8. The topological polar surface area (TPSA) is 263 Å². The van der Waals surface area contributed by atoms with E-state index in [1.165, 1.54) is 32.3 Å². The highest BCUT2D eigenvalue weighted by molar-refractivity contribution is 7.22. The summed E-state index contributed by atoms with van der Waals surface area (Å²) in [5.74, 6) is -2.84. The van der Waals surface area contributed by atoms with Crippen molar-refractivity contribution < 1.29 is 33.6 Å². The van der Waals surface area contributed by atoms with Gasteiger partial charge in [0.25, 0.3) is 17.7 Å². The van der Waals surface area contributed by atoms with Crippen LogP contribution in [0, 0.1) is 10.8 Å². The summed E-state index contributed by atoms with van der Waals surface area (Å²) < 4.78 is 0.716. The minimum atomic E-state index is -1.07. The van der Waals surface area contributed by atoms with Crippen molar-refractivity contribution in [2.24, 2.45) is 22.3 Å². The van der Waals surface area contributed by atoms with E-state index in [0.717, 1.165) is 55.2 Å². The van der Waals surface area contributed by atoms with Crippen molar-refractivity contribution >= 4 is 68.0 Å². The number of thiazole rings is 1. The van der Waals surface area contributed by atoms with Crippen molar-refractivity contribution in [2.75, 3.05) is 18.9 Å². The number of aromatic nitrogens is 1. The highest BCUT2D eigenvalue weighted by Crippen LogP contribution is 2.35. The maximum absolute atomic E-state index is 14.8. The summed E-state index contributed by atoms with van der Waals surface area (Å²) in [6, 6.07) is 21.8. The smallest absolute Gasteiger partial charge is 0.257 e. The summed E-state index contributed by atoms with van der Waals surface area (Å²) in [4.78, 5) is 106. The zero-order valence-corrected chi connectivity index (χ0v) is 46.4. The number of nitrogens with one attached hydrogen (secondary N) is 6. The van der Waals surface area contributed by atoms with Crippen LogP contribution in [-0.2, 0) is 49.8 Å². The summed E-state index contributed by atoms with van der Waals surface area (Å²) in [6.07, 6.45) is 4.53. The summed E-state index contributed by atoms with van der Waals surface area (Å²) in [6.45, 7) is 11.2. The van der Waals surface area contributed by atoms with Crippen LogP contribution in [0.2, 0.25) is 0 Å². The number of benzene rings is 4. The summed E-state index contributed by atoms with van der Waals surface area (Å²) in [5, 5.41) is 18.3. The average Bonchev–Trinajstić information content (AvgIpc) is 4.06. The molecule has 8 atom stereocenters. The lowest BCUT2D eigenvalue weighted by Gasteiger charge is -2.41. The monoisotopic (exact) mass is 1080 g/mol. The second kappa shape index (κ2) is 22.7. The third-order valence-corrected chi connectivity index (χ3v) is 16.8. The van der Waals surface area contributed by atoms with Crippen LogP contribution < -0.4 is 43.4 Å². The minimum absolute atomic E-state index is 0.00979. The molecule has 78 heavy (non-hydrogen) atoms. The van der Waals surface area contributed by atoms with Crippen molar-refractivity contribution in [1.29, 1.82) is 0 Å². The first kappa shape index (κ1) is 55.7. The fourth-order valence-electron chi connectivity index (χ4n) is 11.3. The lowest BCUT2D eigenvalue weighted by molar-refractivity contribution is -0.147. The zero-order valence-electron chi connectivity index (χ0n) is 45.5. The maximum Gasteiger partial charge on any atom is 0.257 e. The molecule has 9 rings (SSSR count). The van der Waals surface area contributed by atoms with Crippen LogP contribution >= 0.6 is 11.3 Å². The van der Waals surface area contributed by atoms with Gasteiger partial charge in [-0.2, -0.15) is 0 Å². The van der Waals surface area contributed by atoms with Crippen LogP contribution in [0.3, 0.4) is 0 Å². The molecular weight excluding hydrogens is 1010 g/mol. The van der Waals surface area contributed by atoms with E-state index in [4.69, 9.17) is 11.5 Å². The largest absolute Gasteiger partial charge is 0.347 e. The molecule has 7 unspecified atom stereocenters. The molecule has 0 saturated carbocycles. The Morgan fingerprint density at radius 2 is 1.27 bits per heavy atom. The third kappa shape index (κ3) is 12.0. The molecule has 10 N–H and O–H groups in total. The van der Waals surface area contributed by atoms with Gasteiger partial charge in [-0.15, -0.1) is 0 Å². The van der Waals surface area contributed by atoms with E-state index >= 15 is 0 Å². The number of fused-ring (bicyclic) bond motifs is 4. The molecule has 3 heterocycles. The molecule has 4 aliphatic rings. The van der Waals surface area contributed by atoms with Gasteiger partial charge in [0, 0.05) is 36.7 Å². The van der Waals surface area contributed by atoms with Crippen LogP contribution in [0.4, 0.5) is 5.13 Å². The lowest BCUT2D eigenvalue weighted by atomic mass is 9.83. The van der Waals surface area contributed by atoms with E-state index in [2.05, 4.69) is 49.0 Å². The molecule has 2 aliphatic carbocycles. The van der Waals surface area contributed by atoms with E-state index in [9.17, 15) is 33.6 Å². The van der Waals surface area contributed by atoms with E-state index in [0.29, 0.717) is 32.0 Å². The number of rotatable bonds is 13.